The molecule has 5 nitrogen and oxygen atoms in total. The van der Waals surface area contributed by atoms with Crippen molar-refractivity contribution in [1.82, 2.24) is 9.03 Å². The number of halogens is 1. The molecule has 1 aliphatic heterocycles. The molecule has 2 fully saturated rings. The Morgan fingerprint density at radius 1 is 1.05 bits per heavy atom. The zero-order valence-electron chi connectivity index (χ0n) is 12.1. The smallest absolute Gasteiger partial charge is 0.279 e. The molecular formula is C13H28ClN3O2S. The first kappa shape index (κ1) is 18.2. The van der Waals surface area contributed by atoms with Crippen molar-refractivity contribution in [2.45, 2.75) is 57.4 Å². The Morgan fingerprint density at radius 3 is 2.10 bits per heavy atom. The second kappa shape index (κ2) is 8.54. The highest BCUT2D eigenvalue weighted by Gasteiger charge is 2.30. The van der Waals surface area contributed by atoms with E-state index in [2.05, 4.69) is 4.72 Å². The van der Waals surface area contributed by atoms with E-state index in [1.54, 1.807) is 4.31 Å². The third-order valence-corrected chi connectivity index (χ3v) is 6.07. The van der Waals surface area contributed by atoms with E-state index in [-0.39, 0.29) is 18.4 Å². The van der Waals surface area contributed by atoms with Crippen LogP contribution in [0.3, 0.4) is 0 Å². The molecule has 1 unspecified atom stereocenters. The number of nitrogens with one attached hydrogen (secondary N) is 1. The van der Waals surface area contributed by atoms with Crippen LogP contribution in [-0.4, -0.2) is 38.4 Å². The largest absolute Gasteiger partial charge is 0.329 e. The summed E-state index contributed by atoms with van der Waals surface area (Å²) in [4.78, 5) is 0. The fourth-order valence-corrected chi connectivity index (χ4v) is 4.80. The van der Waals surface area contributed by atoms with E-state index in [1.807, 2.05) is 0 Å². The predicted molar refractivity (Wildman–Crippen MR) is 84.1 cm³/mol. The van der Waals surface area contributed by atoms with Crippen LogP contribution in [0.1, 0.15) is 51.4 Å². The van der Waals surface area contributed by atoms with Gasteiger partial charge in [-0.3, -0.25) is 0 Å². The van der Waals surface area contributed by atoms with Crippen LogP contribution in [0.25, 0.3) is 0 Å². The Kier molecular flexibility index (Phi) is 7.75. The average Bonchev–Trinajstić information content (AvgIpc) is 2.77. The summed E-state index contributed by atoms with van der Waals surface area (Å²) in [5.41, 5.74) is 5.77. The molecule has 120 valence electrons. The molecule has 0 aromatic rings. The first-order valence-corrected chi connectivity index (χ1v) is 9.05. The number of rotatable bonds is 5. The van der Waals surface area contributed by atoms with Gasteiger partial charge in [0.2, 0.25) is 0 Å². The molecule has 1 aliphatic carbocycles. The van der Waals surface area contributed by atoms with E-state index >= 15 is 0 Å². The molecule has 0 spiro atoms. The fourth-order valence-electron chi connectivity index (χ4n) is 3.24. The van der Waals surface area contributed by atoms with Gasteiger partial charge in [-0.1, -0.05) is 25.7 Å². The lowest BCUT2D eigenvalue weighted by atomic mass is 9.99. The van der Waals surface area contributed by atoms with Crippen LogP contribution in [-0.2, 0) is 10.2 Å². The zero-order valence-corrected chi connectivity index (χ0v) is 13.7. The maximum Gasteiger partial charge on any atom is 0.279 e. The van der Waals surface area contributed by atoms with E-state index in [0.29, 0.717) is 25.6 Å². The lowest BCUT2D eigenvalue weighted by Gasteiger charge is -2.27. The summed E-state index contributed by atoms with van der Waals surface area (Å²) in [6, 6.07) is -0.0873. The number of nitrogens with zero attached hydrogens (tertiary/aromatic N) is 1. The molecule has 20 heavy (non-hydrogen) atoms. The normalized spacial score (nSPS) is 24.1. The molecule has 0 aromatic carbocycles. The van der Waals surface area contributed by atoms with Gasteiger partial charge < -0.3 is 5.73 Å². The van der Waals surface area contributed by atoms with Crippen LogP contribution in [0.4, 0.5) is 0 Å². The second-order valence-corrected chi connectivity index (χ2v) is 7.53. The monoisotopic (exact) mass is 325 g/mol. The minimum absolute atomic E-state index is 0. The molecule has 0 amide bonds. The number of hydrogen-bond donors (Lipinski definition) is 2. The Bertz CT molecular complexity index is 364. The van der Waals surface area contributed by atoms with Gasteiger partial charge in [0.15, 0.2) is 0 Å². The van der Waals surface area contributed by atoms with Gasteiger partial charge in [-0.05, 0) is 31.6 Å². The first-order valence-electron chi connectivity index (χ1n) is 7.61. The molecule has 1 heterocycles. The van der Waals surface area contributed by atoms with Crippen LogP contribution in [0.2, 0.25) is 0 Å². The lowest BCUT2D eigenvalue weighted by Crippen LogP contribution is -2.50. The van der Waals surface area contributed by atoms with Crippen molar-refractivity contribution in [2.24, 2.45) is 11.7 Å². The highest BCUT2D eigenvalue weighted by Crippen LogP contribution is 2.28. The van der Waals surface area contributed by atoms with Gasteiger partial charge in [-0.2, -0.15) is 17.4 Å². The van der Waals surface area contributed by atoms with Gasteiger partial charge in [-0.25, -0.2) is 0 Å². The summed E-state index contributed by atoms with van der Waals surface area (Å²) in [5.74, 6) is 0.423. The third-order valence-electron chi connectivity index (χ3n) is 4.43. The van der Waals surface area contributed by atoms with Crippen LogP contribution >= 0.6 is 12.4 Å². The molecule has 0 bridgehead atoms. The van der Waals surface area contributed by atoms with E-state index in [0.717, 1.165) is 38.5 Å². The maximum atomic E-state index is 12.4. The maximum absolute atomic E-state index is 12.4. The molecule has 1 atom stereocenters. The van der Waals surface area contributed by atoms with Crippen LogP contribution < -0.4 is 10.5 Å². The molecule has 0 aromatic heterocycles. The van der Waals surface area contributed by atoms with Crippen molar-refractivity contribution in [2.75, 3.05) is 19.6 Å². The van der Waals surface area contributed by atoms with Gasteiger partial charge in [0.1, 0.15) is 0 Å². The Morgan fingerprint density at radius 2 is 1.60 bits per heavy atom. The second-order valence-electron chi connectivity index (χ2n) is 5.82. The summed E-state index contributed by atoms with van der Waals surface area (Å²) in [7, 11) is -3.35. The molecule has 0 radical (unpaired) electrons. The summed E-state index contributed by atoms with van der Waals surface area (Å²) in [6.07, 6.45) is 8.81. The van der Waals surface area contributed by atoms with Crippen molar-refractivity contribution >= 4 is 22.6 Å². The average molecular weight is 326 g/mol. The Labute approximate surface area is 129 Å². The minimum Gasteiger partial charge on any atom is -0.329 e. The van der Waals surface area contributed by atoms with Crippen LogP contribution in [0.5, 0.6) is 0 Å². The minimum atomic E-state index is -3.35. The Hall–Kier alpha value is 0.120. The summed E-state index contributed by atoms with van der Waals surface area (Å²) < 4.78 is 29.3. The van der Waals surface area contributed by atoms with Crippen LogP contribution in [0, 0.1) is 5.92 Å². The quantitative estimate of drug-likeness (QED) is 0.806. The SMILES string of the molecule is Cl.NCC(NS(=O)(=O)N1CCCCCC1)C1CCCC1. The molecule has 1 saturated carbocycles. The van der Waals surface area contributed by atoms with Crippen molar-refractivity contribution < 1.29 is 8.42 Å². The first-order chi connectivity index (χ1) is 9.13. The molecule has 7 heteroatoms. The highest BCUT2D eigenvalue weighted by atomic mass is 35.5. The predicted octanol–water partition coefficient (Wildman–Crippen LogP) is 1.64. The van der Waals surface area contributed by atoms with Crippen molar-refractivity contribution in [3.8, 4) is 0 Å². The van der Waals surface area contributed by atoms with E-state index < -0.39 is 10.2 Å². The standard InChI is InChI=1S/C13H27N3O2S.ClH/c14-11-13(12-7-3-4-8-12)15-19(17,18)16-9-5-1-2-6-10-16;/h12-13,15H,1-11,14H2;1H. The molecule has 2 rings (SSSR count). The topological polar surface area (TPSA) is 75.4 Å². The van der Waals surface area contributed by atoms with E-state index in [4.69, 9.17) is 5.73 Å². The van der Waals surface area contributed by atoms with Gasteiger partial charge in [-0.15, -0.1) is 12.4 Å². The van der Waals surface area contributed by atoms with E-state index in [9.17, 15) is 8.42 Å². The van der Waals surface area contributed by atoms with Crippen molar-refractivity contribution in [3.05, 3.63) is 0 Å². The molecule has 1 saturated heterocycles. The van der Waals surface area contributed by atoms with Gasteiger partial charge >= 0.3 is 0 Å². The zero-order chi connectivity index (χ0) is 13.7. The van der Waals surface area contributed by atoms with Gasteiger partial charge in [0, 0.05) is 25.7 Å². The summed E-state index contributed by atoms with van der Waals surface area (Å²) in [6.45, 7) is 1.70. The summed E-state index contributed by atoms with van der Waals surface area (Å²) >= 11 is 0. The molecular weight excluding hydrogens is 298 g/mol. The Balaban J connectivity index is 0.00000200. The van der Waals surface area contributed by atoms with Gasteiger partial charge in [0.05, 0.1) is 0 Å². The fraction of sp³-hybridized carbons (Fsp3) is 1.00. The lowest BCUT2D eigenvalue weighted by molar-refractivity contribution is 0.371. The molecule has 2 aliphatic rings. The number of nitrogens with two attached hydrogens (primary N) is 1. The van der Waals surface area contributed by atoms with E-state index in [1.165, 1.54) is 12.8 Å². The number of hydrogen-bond acceptors (Lipinski definition) is 3. The van der Waals surface area contributed by atoms with Gasteiger partial charge in [0.25, 0.3) is 10.2 Å². The summed E-state index contributed by atoms with van der Waals surface area (Å²) in [5, 5.41) is 0. The van der Waals surface area contributed by atoms with Crippen molar-refractivity contribution in [1.29, 1.82) is 0 Å². The molecule has 3 N–H and O–H groups in total. The van der Waals surface area contributed by atoms with Crippen LogP contribution in [0.15, 0.2) is 0 Å². The van der Waals surface area contributed by atoms with Crippen molar-refractivity contribution in [3.63, 3.8) is 0 Å². The third kappa shape index (κ3) is 4.84. The highest BCUT2D eigenvalue weighted by molar-refractivity contribution is 7.87.